The third kappa shape index (κ3) is 5.23. The lowest BCUT2D eigenvalue weighted by Gasteiger charge is -2.11. The second-order valence-corrected chi connectivity index (χ2v) is 6.08. The number of carbonyl (C=O) groups excluding carboxylic acids is 1. The third-order valence-electron chi connectivity index (χ3n) is 4.00. The van der Waals surface area contributed by atoms with E-state index >= 15 is 0 Å². The zero-order valence-electron chi connectivity index (χ0n) is 16.0. The Hall–Kier alpha value is -3.54. The van der Waals surface area contributed by atoms with Crippen LogP contribution >= 0.6 is 0 Å². The normalized spacial score (nSPS) is 10.8. The molecule has 2 aromatic carbocycles. The number of carbonyl (C=O) groups is 1. The number of hydrogen-bond donors (Lipinski definition) is 1. The van der Waals surface area contributed by atoms with Gasteiger partial charge >= 0.3 is 0 Å². The number of methoxy groups -OCH3 is 1. The van der Waals surface area contributed by atoms with Gasteiger partial charge in [0.15, 0.2) is 11.5 Å². The Labute approximate surface area is 164 Å². The standard InChI is InChI=1S/C22H23N3O3/c1-3-28-20-11-10-19(13-21(20)27-2)24-22(26)12-9-18-14-23-25(16-18)15-17-7-5-4-6-8-17/h4-14,16H,3,15H2,1-2H3,(H,24,26)/b12-9+. The number of nitrogens with one attached hydrogen (secondary N) is 1. The topological polar surface area (TPSA) is 65.4 Å². The summed E-state index contributed by atoms with van der Waals surface area (Å²) in [4.78, 5) is 12.2. The summed E-state index contributed by atoms with van der Waals surface area (Å²) in [5.74, 6) is 0.984. The van der Waals surface area contributed by atoms with Gasteiger partial charge in [-0.15, -0.1) is 0 Å². The molecule has 0 radical (unpaired) electrons. The van der Waals surface area contributed by atoms with Crippen LogP contribution in [0.5, 0.6) is 11.5 Å². The number of aromatic nitrogens is 2. The Kier molecular flexibility index (Phi) is 6.46. The first kappa shape index (κ1) is 19.2. The third-order valence-corrected chi connectivity index (χ3v) is 4.00. The summed E-state index contributed by atoms with van der Waals surface area (Å²) in [6.07, 6.45) is 6.84. The van der Waals surface area contributed by atoms with Crippen LogP contribution in [0.15, 0.2) is 67.0 Å². The summed E-state index contributed by atoms with van der Waals surface area (Å²) in [5.41, 5.74) is 2.66. The van der Waals surface area contributed by atoms with Gasteiger partial charge in [0.1, 0.15) is 0 Å². The van der Waals surface area contributed by atoms with E-state index in [2.05, 4.69) is 22.5 Å². The van der Waals surface area contributed by atoms with Crippen LogP contribution in [0.2, 0.25) is 0 Å². The molecule has 3 rings (SSSR count). The van der Waals surface area contributed by atoms with Gasteiger partial charge in [0, 0.05) is 29.6 Å². The molecule has 0 saturated heterocycles. The van der Waals surface area contributed by atoms with Crippen molar-refractivity contribution in [2.24, 2.45) is 0 Å². The lowest BCUT2D eigenvalue weighted by Crippen LogP contribution is -2.08. The first-order valence-electron chi connectivity index (χ1n) is 9.04. The number of anilines is 1. The maximum Gasteiger partial charge on any atom is 0.248 e. The van der Waals surface area contributed by atoms with E-state index in [0.29, 0.717) is 30.3 Å². The highest BCUT2D eigenvalue weighted by Crippen LogP contribution is 2.30. The summed E-state index contributed by atoms with van der Waals surface area (Å²) >= 11 is 0. The number of amides is 1. The summed E-state index contributed by atoms with van der Waals surface area (Å²) in [7, 11) is 1.57. The molecule has 0 aliphatic rings. The van der Waals surface area contributed by atoms with Gasteiger partial charge in [0.2, 0.25) is 5.91 Å². The number of ether oxygens (including phenoxy) is 2. The summed E-state index contributed by atoms with van der Waals surface area (Å²) in [6, 6.07) is 15.4. The second-order valence-electron chi connectivity index (χ2n) is 6.08. The van der Waals surface area contributed by atoms with E-state index in [-0.39, 0.29) is 5.91 Å². The predicted octanol–water partition coefficient (Wildman–Crippen LogP) is 3.99. The monoisotopic (exact) mass is 377 g/mol. The van der Waals surface area contributed by atoms with Gasteiger partial charge < -0.3 is 14.8 Å². The molecule has 0 bridgehead atoms. The van der Waals surface area contributed by atoms with Crippen LogP contribution in [0.1, 0.15) is 18.1 Å². The van der Waals surface area contributed by atoms with Gasteiger partial charge in [-0.25, -0.2) is 0 Å². The summed E-state index contributed by atoms with van der Waals surface area (Å²) in [6.45, 7) is 3.14. The minimum absolute atomic E-state index is 0.234. The SMILES string of the molecule is CCOc1ccc(NC(=O)/C=C/c2cnn(Cc3ccccc3)c2)cc1OC. The Bertz CT molecular complexity index is 949. The molecule has 0 unspecified atom stereocenters. The molecule has 0 saturated carbocycles. The number of benzene rings is 2. The fourth-order valence-electron chi connectivity index (χ4n) is 2.70. The highest BCUT2D eigenvalue weighted by molar-refractivity contribution is 6.02. The lowest BCUT2D eigenvalue weighted by atomic mass is 10.2. The Morgan fingerprint density at radius 2 is 2.00 bits per heavy atom. The van der Waals surface area contributed by atoms with Gasteiger partial charge in [-0.1, -0.05) is 30.3 Å². The van der Waals surface area contributed by atoms with E-state index in [1.54, 1.807) is 37.6 Å². The number of hydrogen-bond acceptors (Lipinski definition) is 4. The van der Waals surface area contributed by atoms with Crippen LogP contribution < -0.4 is 14.8 Å². The zero-order valence-corrected chi connectivity index (χ0v) is 16.0. The molecular formula is C22H23N3O3. The molecule has 0 aliphatic heterocycles. The summed E-state index contributed by atoms with van der Waals surface area (Å²) < 4.78 is 12.6. The minimum atomic E-state index is -0.234. The lowest BCUT2D eigenvalue weighted by molar-refractivity contribution is -0.111. The van der Waals surface area contributed by atoms with Gasteiger partial charge in [0.05, 0.1) is 26.5 Å². The Balaban J connectivity index is 1.60. The molecule has 1 amide bonds. The molecule has 3 aromatic rings. The molecule has 1 heterocycles. The first-order valence-corrected chi connectivity index (χ1v) is 9.04. The van der Waals surface area contributed by atoms with Crippen molar-refractivity contribution in [3.05, 3.63) is 78.1 Å². The fourth-order valence-corrected chi connectivity index (χ4v) is 2.70. The number of rotatable bonds is 8. The molecule has 1 aromatic heterocycles. The molecule has 0 spiro atoms. The molecule has 0 fully saturated rings. The van der Waals surface area contributed by atoms with E-state index in [0.717, 1.165) is 5.56 Å². The average molecular weight is 377 g/mol. The zero-order chi connectivity index (χ0) is 19.8. The van der Waals surface area contributed by atoms with Crippen molar-refractivity contribution in [2.75, 3.05) is 19.0 Å². The van der Waals surface area contributed by atoms with Crippen LogP contribution in [-0.2, 0) is 11.3 Å². The smallest absolute Gasteiger partial charge is 0.248 e. The van der Waals surface area contributed by atoms with Crippen LogP contribution in [-0.4, -0.2) is 29.4 Å². The Morgan fingerprint density at radius 3 is 2.75 bits per heavy atom. The largest absolute Gasteiger partial charge is 0.493 e. The molecule has 6 heteroatoms. The summed E-state index contributed by atoms with van der Waals surface area (Å²) in [5, 5.41) is 7.14. The van der Waals surface area contributed by atoms with Crippen molar-refractivity contribution >= 4 is 17.7 Å². The maximum atomic E-state index is 12.2. The van der Waals surface area contributed by atoms with E-state index < -0.39 is 0 Å². The molecule has 0 atom stereocenters. The molecular weight excluding hydrogens is 354 g/mol. The van der Waals surface area contributed by atoms with Crippen LogP contribution in [0, 0.1) is 0 Å². The highest BCUT2D eigenvalue weighted by Gasteiger charge is 2.07. The van der Waals surface area contributed by atoms with E-state index in [1.165, 1.54) is 11.6 Å². The quantitative estimate of drug-likeness (QED) is 0.603. The molecule has 28 heavy (non-hydrogen) atoms. The van der Waals surface area contributed by atoms with Crippen LogP contribution in [0.25, 0.3) is 6.08 Å². The first-order chi connectivity index (χ1) is 13.7. The van der Waals surface area contributed by atoms with Crippen molar-refractivity contribution in [3.63, 3.8) is 0 Å². The van der Waals surface area contributed by atoms with Gasteiger partial charge in [-0.3, -0.25) is 9.48 Å². The molecule has 144 valence electrons. The van der Waals surface area contributed by atoms with Crippen molar-refractivity contribution in [1.29, 1.82) is 0 Å². The van der Waals surface area contributed by atoms with Crippen molar-refractivity contribution < 1.29 is 14.3 Å². The van der Waals surface area contributed by atoms with Crippen molar-refractivity contribution in [1.82, 2.24) is 9.78 Å². The van der Waals surface area contributed by atoms with Crippen LogP contribution in [0.4, 0.5) is 5.69 Å². The maximum absolute atomic E-state index is 12.2. The van der Waals surface area contributed by atoms with Crippen molar-refractivity contribution in [2.45, 2.75) is 13.5 Å². The van der Waals surface area contributed by atoms with Crippen molar-refractivity contribution in [3.8, 4) is 11.5 Å². The molecule has 0 aliphatic carbocycles. The average Bonchev–Trinajstić information content (AvgIpc) is 3.16. The second kappa shape index (κ2) is 9.41. The van der Waals surface area contributed by atoms with Gasteiger partial charge in [0.25, 0.3) is 0 Å². The van der Waals surface area contributed by atoms with E-state index in [4.69, 9.17) is 9.47 Å². The highest BCUT2D eigenvalue weighted by atomic mass is 16.5. The molecule has 6 nitrogen and oxygen atoms in total. The number of nitrogens with zero attached hydrogens (tertiary/aromatic N) is 2. The van der Waals surface area contributed by atoms with E-state index in [1.807, 2.05) is 36.0 Å². The Morgan fingerprint density at radius 1 is 1.18 bits per heavy atom. The van der Waals surface area contributed by atoms with Crippen LogP contribution in [0.3, 0.4) is 0 Å². The van der Waals surface area contributed by atoms with Gasteiger partial charge in [-0.05, 0) is 30.7 Å². The minimum Gasteiger partial charge on any atom is -0.493 e. The van der Waals surface area contributed by atoms with E-state index in [9.17, 15) is 4.79 Å². The van der Waals surface area contributed by atoms with Gasteiger partial charge in [-0.2, -0.15) is 5.10 Å². The fraction of sp³-hybridized carbons (Fsp3) is 0.182. The molecule has 1 N–H and O–H groups in total. The predicted molar refractivity (Wildman–Crippen MR) is 110 cm³/mol.